The zero-order chi connectivity index (χ0) is 13.0. The number of carbonyl (C=O) groups is 1. The van der Waals surface area contributed by atoms with Gasteiger partial charge in [-0.2, -0.15) is 0 Å². The second-order valence-electron chi connectivity index (χ2n) is 5.42. The maximum Gasteiger partial charge on any atom is 0.151 e. The zero-order valence-corrected chi connectivity index (χ0v) is 11.5. The van der Waals surface area contributed by atoms with Crippen LogP contribution < -0.4 is 0 Å². The number of rotatable bonds is 4. The fourth-order valence-electron chi connectivity index (χ4n) is 2.75. The Labute approximate surface area is 110 Å². The molecule has 2 heteroatoms. The molecule has 0 bridgehead atoms. The summed E-state index contributed by atoms with van der Waals surface area (Å²) >= 11 is 0. The largest absolute Gasteiger partial charge is 0.298 e. The predicted molar refractivity (Wildman–Crippen MR) is 74.9 cm³/mol. The molecule has 0 radical (unpaired) electrons. The standard InChI is InChI=1S/C16H23NO/c1-13-7-6-8-14(2)16(13)11-15(18)12-17-9-4-3-5-10-17/h6-8H,3-5,9-12H2,1-2H3. The molecule has 1 heterocycles. The van der Waals surface area contributed by atoms with Gasteiger partial charge in [0, 0.05) is 6.42 Å². The van der Waals surface area contributed by atoms with E-state index in [1.165, 1.54) is 36.0 Å². The molecule has 1 saturated heterocycles. The predicted octanol–water partition coefficient (Wildman–Crippen LogP) is 2.90. The Balaban J connectivity index is 1.94. The molecular weight excluding hydrogens is 222 g/mol. The van der Waals surface area contributed by atoms with E-state index in [1.807, 2.05) is 0 Å². The lowest BCUT2D eigenvalue weighted by molar-refractivity contribution is -0.119. The molecule has 0 atom stereocenters. The van der Waals surface area contributed by atoms with Crippen LogP contribution in [-0.2, 0) is 11.2 Å². The summed E-state index contributed by atoms with van der Waals surface area (Å²) in [6.07, 6.45) is 4.41. The molecule has 1 aromatic rings. The number of Topliss-reactive ketones (excluding diaryl/α,β-unsaturated/α-hetero) is 1. The van der Waals surface area contributed by atoms with Crippen molar-refractivity contribution in [1.29, 1.82) is 0 Å². The minimum atomic E-state index is 0.356. The van der Waals surface area contributed by atoms with Gasteiger partial charge >= 0.3 is 0 Å². The summed E-state index contributed by atoms with van der Waals surface area (Å²) < 4.78 is 0. The molecule has 0 aromatic heterocycles. The highest BCUT2D eigenvalue weighted by Gasteiger charge is 2.15. The van der Waals surface area contributed by atoms with Crippen molar-refractivity contribution in [3.63, 3.8) is 0 Å². The molecule has 0 amide bonds. The number of hydrogen-bond donors (Lipinski definition) is 0. The number of benzene rings is 1. The van der Waals surface area contributed by atoms with E-state index in [0.717, 1.165) is 13.1 Å². The van der Waals surface area contributed by atoms with Crippen LogP contribution in [0, 0.1) is 13.8 Å². The van der Waals surface area contributed by atoms with Crippen LogP contribution in [0.3, 0.4) is 0 Å². The van der Waals surface area contributed by atoms with Crippen LogP contribution in [0.15, 0.2) is 18.2 Å². The van der Waals surface area contributed by atoms with Crippen LogP contribution in [0.4, 0.5) is 0 Å². The van der Waals surface area contributed by atoms with Gasteiger partial charge in [0.1, 0.15) is 0 Å². The van der Waals surface area contributed by atoms with Gasteiger partial charge in [0.25, 0.3) is 0 Å². The highest BCUT2D eigenvalue weighted by atomic mass is 16.1. The van der Waals surface area contributed by atoms with Gasteiger partial charge in [0.2, 0.25) is 0 Å². The molecule has 18 heavy (non-hydrogen) atoms. The van der Waals surface area contributed by atoms with E-state index in [1.54, 1.807) is 0 Å². The summed E-state index contributed by atoms with van der Waals surface area (Å²) in [6, 6.07) is 6.25. The fraction of sp³-hybridized carbons (Fsp3) is 0.562. The Kier molecular flexibility index (Phi) is 4.54. The quantitative estimate of drug-likeness (QED) is 0.813. The first-order chi connectivity index (χ1) is 8.66. The Morgan fingerprint density at radius 1 is 1.11 bits per heavy atom. The van der Waals surface area contributed by atoms with Gasteiger partial charge in [-0.05, 0) is 56.5 Å². The summed E-state index contributed by atoms with van der Waals surface area (Å²) in [5.74, 6) is 0.356. The second kappa shape index (κ2) is 6.14. The molecule has 0 unspecified atom stereocenters. The number of piperidine rings is 1. The van der Waals surface area contributed by atoms with Crippen LogP contribution in [-0.4, -0.2) is 30.3 Å². The molecule has 1 aromatic carbocycles. The molecule has 0 spiro atoms. The number of hydrogen-bond acceptors (Lipinski definition) is 2. The summed E-state index contributed by atoms with van der Waals surface area (Å²) in [5, 5.41) is 0. The van der Waals surface area contributed by atoms with Gasteiger partial charge in [-0.15, -0.1) is 0 Å². The zero-order valence-electron chi connectivity index (χ0n) is 11.5. The van der Waals surface area contributed by atoms with Crippen LogP contribution in [0.5, 0.6) is 0 Å². The molecule has 1 aliphatic heterocycles. The van der Waals surface area contributed by atoms with Crippen molar-refractivity contribution in [2.75, 3.05) is 19.6 Å². The van der Waals surface area contributed by atoms with Gasteiger partial charge in [-0.25, -0.2) is 0 Å². The molecule has 0 aliphatic carbocycles. The molecule has 2 rings (SSSR count). The Morgan fingerprint density at radius 2 is 1.72 bits per heavy atom. The molecule has 98 valence electrons. The maximum absolute atomic E-state index is 12.1. The van der Waals surface area contributed by atoms with Crippen molar-refractivity contribution in [2.24, 2.45) is 0 Å². The van der Waals surface area contributed by atoms with E-state index in [2.05, 4.69) is 36.9 Å². The highest BCUT2D eigenvalue weighted by Crippen LogP contribution is 2.15. The highest BCUT2D eigenvalue weighted by molar-refractivity contribution is 5.83. The van der Waals surface area contributed by atoms with E-state index < -0.39 is 0 Å². The third kappa shape index (κ3) is 3.42. The maximum atomic E-state index is 12.1. The lowest BCUT2D eigenvalue weighted by Gasteiger charge is -2.25. The van der Waals surface area contributed by atoms with E-state index in [9.17, 15) is 4.79 Å². The lowest BCUT2D eigenvalue weighted by atomic mass is 9.98. The van der Waals surface area contributed by atoms with Gasteiger partial charge in [0.05, 0.1) is 6.54 Å². The van der Waals surface area contributed by atoms with Crippen molar-refractivity contribution in [3.05, 3.63) is 34.9 Å². The van der Waals surface area contributed by atoms with Crippen LogP contribution in [0.25, 0.3) is 0 Å². The molecule has 0 saturated carbocycles. The minimum absolute atomic E-state index is 0.356. The van der Waals surface area contributed by atoms with E-state index in [-0.39, 0.29) is 0 Å². The third-order valence-electron chi connectivity index (χ3n) is 3.87. The second-order valence-corrected chi connectivity index (χ2v) is 5.42. The molecule has 1 aliphatic rings. The first kappa shape index (κ1) is 13.3. The smallest absolute Gasteiger partial charge is 0.151 e. The topological polar surface area (TPSA) is 20.3 Å². The first-order valence-corrected chi connectivity index (χ1v) is 6.96. The molecular formula is C16H23NO. The first-order valence-electron chi connectivity index (χ1n) is 6.96. The third-order valence-corrected chi connectivity index (χ3v) is 3.87. The number of aryl methyl sites for hydroxylation is 2. The van der Waals surface area contributed by atoms with Gasteiger partial charge in [0.15, 0.2) is 5.78 Å². The van der Waals surface area contributed by atoms with E-state index in [4.69, 9.17) is 0 Å². The average Bonchev–Trinajstić information content (AvgIpc) is 2.35. The van der Waals surface area contributed by atoms with Gasteiger partial charge < -0.3 is 0 Å². The van der Waals surface area contributed by atoms with Crippen molar-refractivity contribution >= 4 is 5.78 Å². The SMILES string of the molecule is Cc1cccc(C)c1CC(=O)CN1CCCCC1. The monoisotopic (exact) mass is 245 g/mol. The number of ketones is 1. The summed E-state index contributed by atoms with van der Waals surface area (Å²) in [6.45, 7) is 7.01. The van der Waals surface area contributed by atoms with Crippen LogP contribution in [0.1, 0.15) is 36.0 Å². The van der Waals surface area contributed by atoms with Gasteiger partial charge in [-0.1, -0.05) is 24.6 Å². The van der Waals surface area contributed by atoms with E-state index in [0.29, 0.717) is 18.7 Å². The Bertz CT molecular complexity index is 399. The Morgan fingerprint density at radius 3 is 2.33 bits per heavy atom. The summed E-state index contributed by atoms with van der Waals surface area (Å²) in [5.41, 5.74) is 3.70. The van der Waals surface area contributed by atoms with Gasteiger partial charge in [-0.3, -0.25) is 9.69 Å². The summed E-state index contributed by atoms with van der Waals surface area (Å²) in [4.78, 5) is 14.4. The van der Waals surface area contributed by atoms with Crippen LogP contribution >= 0.6 is 0 Å². The van der Waals surface area contributed by atoms with Crippen molar-refractivity contribution < 1.29 is 4.79 Å². The Hall–Kier alpha value is -1.15. The summed E-state index contributed by atoms with van der Waals surface area (Å²) in [7, 11) is 0. The van der Waals surface area contributed by atoms with Crippen molar-refractivity contribution in [2.45, 2.75) is 39.5 Å². The molecule has 1 fully saturated rings. The van der Waals surface area contributed by atoms with Crippen LogP contribution in [0.2, 0.25) is 0 Å². The number of nitrogens with zero attached hydrogens (tertiary/aromatic N) is 1. The van der Waals surface area contributed by atoms with E-state index >= 15 is 0 Å². The fourth-order valence-corrected chi connectivity index (χ4v) is 2.75. The molecule has 2 nitrogen and oxygen atoms in total. The number of carbonyl (C=O) groups excluding carboxylic acids is 1. The number of likely N-dealkylation sites (tertiary alicyclic amines) is 1. The molecule has 0 N–H and O–H groups in total. The van der Waals surface area contributed by atoms with Crippen molar-refractivity contribution in [1.82, 2.24) is 4.90 Å². The lowest BCUT2D eigenvalue weighted by Crippen LogP contribution is -2.35. The minimum Gasteiger partial charge on any atom is -0.298 e. The van der Waals surface area contributed by atoms with Crippen molar-refractivity contribution in [3.8, 4) is 0 Å². The average molecular weight is 245 g/mol. The normalized spacial score (nSPS) is 16.8.